The van der Waals surface area contributed by atoms with E-state index in [1.165, 1.54) is 46.0 Å². The lowest BCUT2D eigenvalue weighted by Gasteiger charge is -2.07. The van der Waals surface area contributed by atoms with Crippen LogP contribution in [-0.4, -0.2) is 5.78 Å². The Morgan fingerprint density at radius 2 is 2.05 bits per heavy atom. The predicted molar refractivity (Wildman–Crippen MR) is 75.4 cm³/mol. The summed E-state index contributed by atoms with van der Waals surface area (Å²) in [5.74, 6) is -1.40. The largest absolute Gasteiger partial charge is 0.291 e. The van der Waals surface area contributed by atoms with Crippen LogP contribution in [0.2, 0.25) is 0 Å². The number of carbonyl (C=O) groups excluding carboxylic acids is 1. The zero-order chi connectivity index (χ0) is 14.1. The second-order valence-corrected chi connectivity index (χ2v) is 6.03. The first-order valence-electron chi connectivity index (χ1n) is 6.50. The molecule has 0 amide bonds. The van der Waals surface area contributed by atoms with E-state index in [4.69, 9.17) is 0 Å². The molecule has 0 saturated carbocycles. The van der Waals surface area contributed by atoms with Gasteiger partial charge < -0.3 is 0 Å². The molecule has 1 aliphatic carbocycles. The number of rotatable bonds is 3. The Hall–Kier alpha value is -1.99. The van der Waals surface area contributed by atoms with Crippen LogP contribution in [0.3, 0.4) is 0 Å². The van der Waals surface area contributed by atoms with Crippen LogP contribution < -0.4 is 0 Å². The summed E-state index contributed by atoms with van der Waals surface area (Å²) in [6, 6.07) is 9.52. The van der Waals surface area contributed by atoms with Gasteiger partial charge in [-0.2, -0.15) is 5.26 Å². The lowest BCUT2D eigenvalue weighted by atomic mass is 9.95. The van der Waals surface area contributed by atoms with Gasteiger partial charge in [-0.3, -0.25) is 4.79 Å². The standard InChI is InChI=1S/C16H12FNOS/c17-12-6-4-10(5-7-12)13(9-18)16(19)15-8-11-2-1-3-14(11)20-15/h4-8,13H,1-3H2. The van der Waals surface area contributed by atoms with E-state index < -0.39 is 5.92 Å². The maximum Gasteiger partial charge on any atom is 0.194 e. The van der Waals surface area contributed by atoms with Crippen LogP contribution in [0, 0.1) is 17.1 Å². The summed E-state index contributed by atoms with van der Waals surface area (Å²) >= 11 is 1.50. The third kappa shape index (κ3) is 2.25. The molecule has 0 fully saturated rings. The number of carbonyl (C=O) groups is 1. The van der Waals surface area contributed by atoms with Gasteiger partial charge in [0.15, 0.2) is 5.78 Å². The third-order valence-electron chi connectivity index (χ3n) is 3.58. The minimum absolute atomic E-state index is 0.182. The van der Waals surface area contributed by atoms with Crippen LogP contribution >= 0.6 is 11.3 Å². The molecular formula is C16H12FNOS. The van der Waals surface area contributed by atoms with Crippen molar-refractivity contribution in [1.29, 1.82) is 5.26 Å². The molecule has 2 nitrogen and oxygen atoms in total. The van der Waals surface area contributed by atoms with Gasteiger partial charge in [0.05, 0.1) is 10.9 Å². The van der Waals surface area contributed by atoms with Gasteiger partial charge in [-0.25, -0.2) is 4.39 Å². The molecule has 0 N–H and O–H groups in total. The highest BCUT2D eigenvalue weighted by Gasteiger charge is 2.25. The average molecular weight is 285 g/mol. The van der Waals surface area contributed by atoms with E-state index in [-0.39, 0.29) is 11.6 Å². The number of fused-ring (bicyclic) bond motifs is 1. The van der Waals surface area contributed by atoms with Gasteiger partial charge >= 0.3 is 0 Å². The van der Waals surface area contributed by atoms with Crippen LogP contribution in [0.15, 0.2) is 30.3 Å². The SMILES string of the molecule is N#CC(C(=O)c1cc2c(s1)CCC2)c1ccc(F)cc1. The Balaban J connectivity index is 1.90. The van der Waals surface area contributed by atoms with Gasteiger partial charge in [0.25, 0.3) is 0 Å². The Bertz CT molecular complexity index is 675. The van der Waals surface area contributed by atoms with Crippen LogP contribution in [0.1, 0.15) is 38.0 Å². The van der Waals surface area contributed by atoms with E-state index in [1.54, 1.807) is 0 Å². The van der Waals surface area contributed by atoms with Crippen molar-refractivity contribution in [2.45, 2.75) is 25.2 Å². The number of halogens is 1. The fourth-order valence-electron chi connectivity index (χ4n) is 2.53. The Labute approximate surface area is 120 Å². The molecule has 2 aromatic rings. The summed E-state index contributed by atoms with van der Waals surface area (Å²) in [5.41, 5.74) is 1.79. The van der Waals surface area contributed by atoms with Crippen LogP contribution in [0.25, 0.3) is 0 Å². The van der Waals surface area contributed by atoms with Crippen molar-refractivity contribution >= 4 is 17.1 Å². The number of thiophene rings is 1. The highest BCUT2D eigenvalue weighted by molar-refractivity contribution is 7.14. The Morgan fingerprint density at radius 1 is 1.30 bits per heavy atom. The topological polar surface area (TPSA) is 40.9 Å². The molecule has 0 radical (unpaired) electrons. The molecule has 4 heteroatoms. The first kappa shape index (κ1) is 13.0. The summed E-state index contributed by atoms with van der Waals surface area (Å²) in [4.78, 5) is 14.4. The van der Waals surface area contributed by atoms with Crippen molar-refractivity contribution in [1.82, 2.24) is 0 Å². The van der Waals surface area contributed by atoms with Gasteiger partial charge in [0.2, 0.25) is 0 Å². The number of aryl methyl sites for hydroxylation is 2. The molecule has 3 rings (SSSR count). The second-order valence-electron chi connectivity index (χ2n) is 4.89. The molecule has 0 aliphatic heterocycles. The van der Waals surface area contributed by atoms with Gasteiger partial charge in [0.1, 0.15) is 11.7 Å². The molecule has 100 valence electrons. The molecule has 1 aromatic heterocycles. The number of ketones is 1. The lowest BCUT2D eigenvalue weighted by molar-refractivity contribution is 0.0982. The second kappa shape index (κ2) is 5.18. The first-order valence-corrected chi connectivity index (χ1v) is 7.31. The lowest BCUT2D eigenvalue weighted by Crippen LogP contribution is -2.09. The van der Waals surface area contributed by atoms with E-state index >= 15 is 0 Å². The van der Waals surface area contributed by atoms with Crippen LogP contribution in [0.5, 0.6) is 0 Å². The van der Waals surface area contributed by atoms with Crippen molar-refractivity contribution in [2.24, 2.45) is 0 Å². The van der Waals surface area contributed by atoms with Gasteiger partial charge in [-0.05, 0) is 48.6 Å². The molecular weight excluding hydrogens is 273 g/mol. The molecule has 0 bridgehead atoms. The molecule has 1 unspecified atom stereocenters. The smallest absolute Gasteiger partial charge is 0.194 e. The molecule has 1 atom stereocenters. The fraction of sp³-hybridized carbons (Fsp3) is 0.250. The summed E-state index contributed by atoms with van der Waals surface area (Å²) < 4.78 is 12.9. The normalized spacial score (nSPS) is 14.6. The van der Waals surface area contributed by atoms with E-state index in [2.05, 4.69) is 0 Å². The molecule has 1 aliphatic rings. The van der Waals surface area contributed by atoms with Crippen molar-refractivity contribution in [3.05, 3.63) is 57.0 Å². The zero-order valence-corrected chi connectivity index (χ0v) is 11.5. The zero-order valence-electron chi connectivity index (χ0n) is 10.7. The van der Waals surface area contributed by atoms with Gasteiger partial charge in [0, 0.05) is 4.88 Å². The number of nitriles is 1. The Morgan fingerprint density at radius 3 is 2.70 bits per heavy atom. The van der Waals surface area contributed by atoms with E-state index in [0.717, 1.165) is 19.3 Å². The monoisotopic (exact) mass is 285 g/mol. The highest BCUT2D eigenvalue weighted by Crippen LogP contribution is 2.33. The fourth-order valence-corrected chi connectivity index (χ4v) is 3.76. The number of benzene rings is 1. The number of Topliss-reactive ketones (excluding diaryl/α,β-unsaturated/α-hetero) is 1. The summed E-state index contributed by atoms with van der Waals surface area (Å²) in [6.07, 6.45) is 3.20. The van der Waals surface area contributed by atoms with Crippen molar-refractivity contribution in [2.75, 3.05) is 0 Å². The minimum atomic E-state index is -0.852. The predicted octanol–water partition coefficient (Wildman–Crippen LogP) is 3.87. The van der Waals surface area contributed by atoms with Crippen molar-refractivity contribution in [3.63, 3.8) is 0 Å². The molecule has 1 heterocycles. The van der Waals surface area contributed by atoms with Gasteiger partial charge in [-0.15, -0.1) is 11.3 Å². The van der Waals surface area contributed by atoms with Crippen molar-refractivity contribution < 1.29 is 9.18 Å². The quantitative estimate of drug-likeness (QED) is 0.803. The highest BCUT2D eigenvalue weighted by atomic mass is 32.1. The first-order chi connectivity index (χ1) is 9.69. The minimum Gasteiger partial charge on any atom is -0.291 e. The molecule has 1 aromatic carbocycles. The van der Waals surface area contributed by atoms with E-state index in [0.29, 0.717) is 10.4 Å². The molecule has 20 heavy (non-hydrogen) atoms. The van der Waals surface area contributed by atoms with Crippen molar-refractivity contribution in [3.8, 4) is 6.07 Å². The van der Waals surface area contributed by atoms with E-state index in [1.807, 2.05) is 12.1 Å². The maximum atomic E-state index is 12.9. The van der Waals surface area contributed by atoms with Gasteiger partial charge in [-0.1, -0.05) is 12.1 Å². The summed E-state index contributed by atoms with van der Waals surface area (Å²) in [5, 5.41) is 9.27. The molecule has 0 saturated heterocycles. The average Bonchev–Trinajstić information content (AvgIpc) is 3.02. The summed E-state index contributed by atoms with van der Waals surface area (Å²) in [7, 11) is 0. The van der Waals surface area contributed by atoms with Crippen LogP contribution in [0.4, 0.5) is 4.39 Å². The number of nitrogens with zero attached hydrogens (tertiary/aromatic N) is 1. The number of hydrogen-bond acceptors (Lipinski definition) is 3. The maximum absolute atomic E-state index is 12.9. The Kier molecular flexibility index (Phi) is 3.37. The number of hydrogen-bond donors (Lipinski definition) is 0. The molecule has 0 spiro atoms. The third-order valence-corrected chi connectivity index (χ3v) is 4.84. The summed E-state index contributed by atoms with van der Waals surface area (Å²) in [6.45, 7) is 0. The van der Waals surface area contributed by atoms with E-state index in [9.17, 15) is 14.4 Å². The van der Waals surface area contributed by atoms with Crippen LogP contribution in [-0.2, 0) is 12.8 Å².